The third kappa shape index (κ3) is 2.63. The molecule has 0 unspecified atom stereocenters. The Bertz CT molecular complexity index is 924. The van der Waals surface area contributed by atoms with Crippen molar-refractivity contribution >= 4 is 16.5 Å². The first-order valence-corrected chi connectivity index (χ1v) is 7.00. The number of benzene rings is 3. The quantitative estimate of drug-likeness (QED) is 0.384. The number of aromatic hydroxyl groups is 3. The number of phenols is 3. The average Bonchev–Trinajstić information content (AvgIpc) is 2.57. The van der Waals surface area contributed by atoms with E-state index >= 15 is 0 Å². The zero-order chi connectivity index (χ0) is 17.3. The van der Waals surface area contributed by atoms with Crippen LogP contribution in [-0.4, -0.2) is 20.2 Å². The fourth-order valence-corrected chi connectivity index (χ4v) is 2.47. The van der Waals surface area contributed by atoms with Crippen molar-refractivity contribution in [2.75, 3.05) is 0 Å². The van der Waals surface area contributed by atoms with E-state index in [1.807, 2.05) is 30.3 Å². The van der Waals surface area contributed by atoms with E-state index < -0.39 is 27.9 Å². The minimum absolute atomic E-state index is 0.0837. The first kappa shape index (κ1) is 15.4. The Morgan fingerprint density at radius 1 is 0.958 bits per heavy atom. The molecule has 3 aromatic rings. The number of nitrogens with zero attached hydrogens (tertiary/aromatic N) is 1. The molecule has 3 rings (SSSR count). The van der Waals surface area contributed by atoms with Crippen LogP contribution in [-0.2, 0) is 6.61 Å². The molecule has 7 heteroatoms. The fraction of sp³-hybridized carbons (Fsp3) is 0.0588. The van der Waals surface area contributed by atoms with E-state index in [-0.39, 0.29) is 23.1 Å². The molecule has 7 nitrogen and oxygen atoms in total. The summed E-state index contributed by atoms with van der Waals surface area (Å²) in [5.74, 6) is -1.42. The van der Waals surface area contributed by atoms with E-state index in [2.05, 4.69) is 0 Å². The number of fused-ring (bicyclic) bond motifs is 1. The predicted octanol–water partition coefficient (Wildman–Crippen LogP) is 3.44. The van der Waals surface area contributed by atoms with Crippen LogP contribution in [0.4, 0.5) is 5.69 Å². The molecule has 0 atom stereocenters. The summed E-state index contributed by atoms with van der Waals surface area (Å²) in [7, 11) is 0. The number of ether oxygens (including phenoxy) is 1. The summed E-state index contributed by atoms with van der Waals surface area (Å²) in [6.07, 6.45) is 0. The lowest BCUT2D eigenvalue weighted by atomic mass is 10.0. The Morgan fingerprint density at radius 2 is 1.67 bits per heavy atom. The molecular weight excluding hydrogens is 314 g/mol. The van der Waals surface area contributed by atoms with Gasteiger partial charge in [0.15, 0.2) is 11.5 Å². The molecule has 0 radical (unpaired) electrons. The van der Waals surface area contributed by atoms with E-state index in [9.17, 15) is 25.4 Å². The van der Waals surface area contributed by atoms with E-state index in [0.29, 0.717) is 0 Å². The Kier molecular flexibility index (Phi) is 3.83. The van der Waals surface area contributed by atoms with Crippen molar-refractivity contribution in [2.24, 2.45) is 0 Å². The number of hydrogen-bond donors (Lipinski definition) is 3. The van der Waals surface area contributed by atoms with Gasteiger partial charge >= 0.3 is 0 Å². The normalized spacial score (nSPS) is 10.7. The number of hydrogen-bond acceptors (Lipinski definition) is 6. The number of nitro groups is 1. The second-order valence-electron chi connectivity index (χ2n) is 5.13. The van der Waals surface area contributed by atoms with Crippen LogP contribution in [0.2, 0.25) is 0 Å². The lowest BCUT2D eigenvalue weighted by Crippen LogP contribution is -1.97. The number of non-ortho nitro benzene ring substituents is 1. The van der Waals surface area contributed by atoms with Crippen LogP contribution >= 0.6 is 0 Å². The zero-order valence-electron chi connectivity index (χ0n) is 12.3. The van der Waals surface area contributed by atoms with Crippen molar-refractivity contribution in [1.82, 2.24) is 0 Å². The molecule has 0 bridgehead atoms. The van der Waals surface area contributed by atoms with Crippen LogP contribution in [0.1, 0.15) is 5.56 Å². The molecule has 0 saturated heterocycles. The van der Waals surface area contributed by atoms with Crippen molar-refractivity contribution in [3.63, 3.8) is 0 Å². The van der Waals surface area contributed by atoms with Gasteiger partial charge in [-0.3, -0.25) is 10.1 Å². The highest BCUT2D eigenvalue weighted by molar-refractivity contribution is 6.04. The molecule has 0 aliphatic heterocycles. The summed E-state index contributed by atoms with van der Waals surface area (Å²) in [5.41, 5.74) is 0.407. The molecule has 3 aromatic carbocycles. The van der Waals surface area contributed by atoms with Gasteiger partial charge in [-0.2, -0.15) is 0 Å². The molecule has 122 valence electrons. The monoisotopic (exact) mass is 327 g/mol. The molecule has 0 aliphatic carbocycles. The second-order valence-corrected chi connectivity index (χ2v) is 5.13. The lowest BCUT2D eigenvalue weighted by Gasteiger charge is -2.12. The molecule has 0 amide bonds. The third-order valence-electron chi connectivity index (χ3n) is 3.59. The van der Waals surface area contributed by atoms with E-state index in [1.165, 1.54) is 0 Å². The summed E-state index contributed by atoms with van der Waals surface area (Å²) in [4.78, 5) is 10.4. The summed E-state index contributed by atoms with van der Waals surface area (Å²) >= 11 is 0. The minimum atomic E-state index is -0.703. The molecule has 0 saturated carbocycles. The topological polar surface area (TPSA) is 113 Å². The third-order valence-corrected chi connectivity index (χ3v) is 3.59. The standard InChI is InChI=1S/C17H13NO6/c19-12-7-6-11(18(22)23)15-13(20)8-14(17(21)16(12)15)24-9-10-4-2-1-3-5-10/h1-8,19-21H,9H2. The molecule has 24 heavy (non-hydrogen) atoms. The van der Waals surface area contributed by atoms with Gasteiger partial charge < -0.3 is 20.1 Å². The predicted molar refractivity (Wildman–Crippen MR) is 86.4 cm³/mol. The second kappa shape index (κ2) is 5.96. The van der Waals surface area contributed by atoms with Crippen LogP contribution in [0.3, 0.4) is 0 Å². The SMILES string of the molecule is O=[N+]([O-])c1ccc(O)c2c(O)c(OCc3ccccc3)cc(O)c12. The van der Waals surface area contributed by atoms with Gasteiger partial charge in [0.2, 0.25) is 0 Å². The van der Waals surface area contributed by atoms with Crippen molar-refractivity contribution in [3.05, 3.63) is 64.2 Å². The maximum absolute atomic E-state index is 11.1. The van der Waals surface area contributed by atoms with E-state index in [0.717, 1.165) is 23.8 Å². The van der Waals surface area contributed by atoms with Crippen molar-refractivity contribution < 1.29 is 25.0 Å². The maximum Gasteiger partial charge on any atom is 0.281 e. The van der Waals surface area contributed by atoms with Gasteiger partial charge in [0.1, 0.15) is 23.5 Å². The Morgan fingerprint density at radius 3 is 2.33 bits per heavy atom. The maximum atomic E-state index is 11.1. The van der Waals surface area contributed by atoms with Gasteiger partial charge in [-0.1, -0.05) is 30.3 Å². The molecule has 0 heterocycles. The summed E-state index contributed by atoms with van der Waals surface area (Å²) in [6.45, 7) is 0.120. The van der Waals surface area contributed by atoms with Gasteiger partial charge in [-0.15, -0.1) is 0 Å². The van der Waals surface area contributed by atoms with E-state index in [4.69, 9.17) is 4.74 Å². The molecule has 0 aromatic heterocycles. The molecule has 0 fully saturated rings. The van der Waals surface area contributed by atoms with Crippen LogP contribution in [0, 0.1) is 10.1 Å². The summed E-state index contributed by atoms with van der Waals surface area (Å²) in [6, 6.07) is 12.4. The van der Waals surface area contributed by atoms with Crippen molar-refractivity contribution in [2.45, 2.75) is 6.61 Å². The Labute approximate surface area is 136 Å². The highest BCUT2D eigenvalue weighted by Gasteiger charge is 2.23. The van der Waals surface area contributed by atoms with Gasteiger partial charge in [0.25, 0.3) is 5.69 Å². The highest BCUT2D eigenvalue weighted by atomic mass is 16.6. The molecular formula is C17H13NO6. The molecule has 0 spiro atoms. The zero-order valence-corrected chi connectivity index (χ0v) is 12.3. The lowest BCUT2D eigenvalue weighted by molar-refractivity contribution is -0.383. The number of rotatable bonds is 4. The smallest absolute Gasteiger partial charge is 0.281 e. The number of phenolic OH excluding ortho intramolecular Hbond substituents is 3. The highest BCUT2D eigenvalue weighted by Crippen LogP contribution is 2.47. The minimum Gasteiger partial charge on any atom is -0.507 e. The van der Waals surface area contributed by atoms with Crippen molar-refractivity contribution in [1.29, 1.82) is 0 Å². The first-order valence-electron chi connectivity index (χ1n) is 7.00. The first-order chi connectivity index (χ1) is 11.5. The molecule has 0 aliphatic rings. The average molecular weight is 327 g/mol. The largest absolute Gasteiger partial charge is 0.507 e. The fourth-order valence-electron chi connectivity index (χ4n) is 2.47. The van der Waals surface area contributed by atoms with Gasteiger partial charge in [0, 0.05) is 12.1 Å². The van der Waals surface area contributed by atoms with Gasteiger partial charge in [0.05, 0.1) is 10.3 Å². The van der Waals surface area contributed by atoms with Crippen LogP contribution in [0.15, 0.2) is 48.5 Å². The van der Waals surface area contributed by atoms with Crippen molar-refractivity contribution in [3.8, 4) is 23.0 Å². The number of nitro benzene ring substituents is 1. The Hall–Kier alpha value is -3.48. The summed E-state index contributed by atoms with van der Waals surface area (Å²) < 4.78 is 5.48. The van der Waals surface area contributed by atoms with Crippen LogP contribution in [0.5, 0.6) is 23.0 Å². The van der Waals surface area contributed by atoms with E-state index in [1.54, 1.807) is 0 Å². The summed E-state index contributed by atoms with van der Waals surface area (Å²) in [5, 5.41) is 41.0. The van der Waals surface area contributed by atoms with Gasteiger partial charge in [-0.05, 0) is 11.6 Å². The molecule has 3 N–H and O–H groups in total. The Balaban J connectivity index is 2.10. The van der Waals surface area contributed by atoms with Gasteiger partial charge in [-0.25, -0.2) is 0 Å². The van der Waals surface area contributed by atoms with Crippen LogP contribution < -0.4 is 4.74 Å². The van der Waals surface area contributed by atoms with Crippen LogP contribution in [0.25, 0.3) is 10.8 Å².